The fourth-order valence-corrected chi connectivity index (χ4v) is 2.06. The zero-order valence-electron chi connectivity index (χ0n) is 10.4. The van der Waals surface area contributed by atoms with Crippen LogP contribution in [-0.2, 0) is 6.54 Å². The fraction of sp³-hybridized carbons (Fsp3) is 0.300. The van der Waals surface area contributed by atoms with Gasteiger partial charge in [-0.3, -0.25) is 14.5 Å². The van der Waals surface area contributed by atoms with Crippen molar-refractivity contribution in [3.8, 4) is 5.69 Å². The Kier molecular flexibility index (Phi) is 4.40. The number of alkyl halides is 1. The van der Waals surface area contributed by atoms with E-state index in [-0.39, 0.29) is 17.4 Å². The molecular formula is C10H8BrF2N5O3. The van der Waals surface area contributed by atoms with E-state index in [1.807, 2.05) is 0 Å². The molecule has 0 aliphatic heterocycles. The molecule has 2 aromatic rings. The summed E-state index contributed by atoms with van der Waals surface area (Å²) >= 11 is 2.86. The summed E-state index contributed by atoms with van der Waals surface area (Å²) in [6.45, 7) is -0.660. The molecule has 1 aromatic heterocycles. The Morgan fingerprint density at radius 1 is 1.38 bits per heavy atom. The largest absolute Gasteiger partial charge is 0.368 e. The lowest BCUT2D eigenvalue weighted by atomic mass is 10.2. The minimum Gasteiger partial charge on any atom is -0.258 e. The number of hydrogen-bond donors (Lipinski definition) is 0. The first-order valence-corrected chi connectivity index (χ1v) is 6.47. The van der Waals surface area contributed by atoms with Crippen LogP contribution in [0.2, 0.25) is 0 Å². The maximum absolute atomic E-state index is 13.9. The standard InChI is InChI=1S/C10H8BrF2N5O3/c11-6-4-7(13)9(5-8(6)18(20)21)17-10(19)16(14-15-17)3-1-2-12/h4-5H,1-3H2. The second-order valence-corrected chi connectivity index (χ2v) is 4.81. The number of nitro groups is 1. The molecule has 0 radical (unpaired) electrons. The number of nitro benzene ring substituents is 1. The third-order valence-corrected chi connectivity index (χ3v) is 3.22. The maximum atomic E-state index is 13.9. The lowest BCUT2D eigenvalue weighted by Crippen LogP contribution is -2.25. The van der Waals surface area contributed by atoms with Crippen molar-refractivity contribution in [1.29, 1.82) is 0 Å². The second-order valence-electron chi connectivity index (χ2n) is 3.95. The van der Waals surface area contributed by atoms with E-state index in [0.717, 1.165) is 16.8 Å². The first kappa shape index (κ1) is 15.2. The van der Waals surface area contributed by atoms with Crippen LogP contribution >= 0.6 is 15.9 Å². The van der Waals surface area contributed by atoms with Crippen molar-refractivity contribution < 1.29 is 13.7 Å². The third kappa shape index (κ3) is 2.96. The molecule has 0 spiro atoms. The lowest BCUT2D eigenvalue weighted by molar-refractivity contribution is -0.385. The molecule has 0 aliphatic carbocycles. The van der Waals surface area contributed by atoms with Gasteiger partial charge >= 0.3 is 5.69 Å². The van der Waals surface area contributed by atoms with Gasteiger partial charge < -0.3 is 0 Å². The van der Waals surface area contributed by atoms with Crippen molar-refractivity contribution in [2.75, 3.05) is 6.67 Å². The Hall–Kier alpha value is -2.17. The summed E-state index contributed by atoms with van der Waals surface area (Å²) < 4.78 is 27.3. The molecule has 0 atom stereocenters. The summed E-state index contributed by atoms with van der Waals surface area (Å²) in [5.74, 6) is -0.882. The van der Waals surface area contributed by atoms with Gasteiger partial charge in [0, 0.05) is 6.07 Å². The number of tetrazole rings is 1. The molecule has 0 aliphatic rings. The van der Waals surface area contributed by atoms with E-state index >= 15 is 0 Å². The van der Waals surface area contributed by atoms with Gasteiger partial charge in [-0.25, -0.2) is 9.18 Å². The summed E-state index contributed by atoms with van der Waals surface area (Å²) in [4.78, 5) is 22.0. The lowest BCUT2D eigenvalue weighted by Gasteiger charge is -2.02. The number of rotatable bonds is 5. The van der Waals surface area contributed by atoms with Crippen molar-refractivity contribution >= 4 is 21.6 Å². The highest BCUT2D eigenvalue weighted by molar-refractivity contribution is 9.10. The van der Waals surface area contributed by atoms with Crippen LogP contribution in [-0.4, -0.2) is 31.4 Å². The average molecular weight is 364 g/mol. The van der Waals surface area contributed by atoms with Crippen LogP contribution in [0.1, 0.15) is 6.42 Å². The van der Waals surface area contributed by atoms with Crippen molar-refractivity contribution in [2.45, 2.75) is 13.0 Å². The Labute approximate surface area is 124 Å². The van der Waals surface area contributed by atoms with Gasteiger partial charge in [0.15, 0.2) is 5.82 Å². The van der Waals surface area contributed by atoms with Crippen molar-refractivity contribution in [3.05, 3.63) is 43.0 Å². The first-order valence-electron chi connectivity index (χ1n) is 5.68. The molecule has 21 heavy (non-hydrogen) atoms. The van der Waals surface area contributed by atoms with Gasteiger partial charge in [-0.15, -0.1) is 0 Å². The molecule has 112 valence electrons. The summed E-state index contributed by atoms with van der Waals surface area (Å²) in [5, 5.41) is 17.7. The zero-order chi connectivity index (χ0) is 15.6. The highest BCUT2D eigenvalue weighted by Gasteiger charge is 2.20. The topological polar surface area (TPSA) is 95.8 Å². The quantitative estimate of drug-likeness (QED) is 0.593. The molecule has 0 fully saturated rings. The summed E-state index contributed by atoms with van der Waals surface area (Å²) in [6.07, 6.45) is 0.0571. The molecule has 0 bridgehead atoms. The van der Waals surface area contributed by atoms with Crippen LogP contribution < -0.4 is 5.69 Å². The molecule has 0 unspecified atom stereocenters. The summed E-state index contributed by atoms with van der Waals surface area (Å²) in [5.41, 5.74) is -1.63. The first-order chi connectivity index (χ1) is 9.95. The summed E-state index contributed by atoms with van der Waals surface area (Å²) in [6, 6.07) is 1.73. The number of nitrogens with zero attached hydrogens (tertiary/aromatic N) is 5. The van der Waals surface area contributed by atoms with Gasteiger partial charge in [-0.05, 0) is 38.8 Å². The normalized spacial score (nSPS) is 10.8. The van der Waals surface area contributed by atoms with E-state index in [0.29, 0.717) is 4.68 Å². The van der Waals surface area contributed by atoms with E-state index in [1.54, 1.807) is 0 Å². The smallest absolute Gasteiger partial charge is 0.258 e. The third-order valence-electron chi connectivity index (χ3n) is 2.58. The van der Waals surface area contributed by atoms with Crippen LogP contribution in [0.5, 0.6) is 0 Å². The summed E-state index contributed by atoms with van der Waals surface area (Å²) in [7, 11) is 0. The van der Waals surface area contributed by atoms with Crippen LogP contribution in [0.15, 0.2) is 21.4 Å². The Balaban J connectivity index is 2.52. The van der Waals surface area contributed by atoms with E-state index in [1.165, 1.54) is 0 Å². The zero-order valence-corrected chi connectivity index (χ0v) is 12.0. The molecule has 0 amide bonds. The van der Waals surface area contributed by atoms with E-state index in [4.69, 9.17) is 0 Å². The second kappa shape index (κ2) is 6.08. The van der Waals surface area contributed by atoms with Gasteiger partial charge in [0.25, 0.3) is 5.69 Å². The van der Waals surface area contributed by atoms with Crippen LogP contribution in [0.4, 0.5) is 14.5 Å². The predicted octanol–water partition coefficient (Wildman–Crippen LogP) is 1.60. The number of benzene rings is 1. The maximum Gasteiger partial charge on any atom is 0.368 e. The van der Waals surface area contributed by atoms with Crippen molar-refractivity contribution in [2.24, 2.45) is 0 Å². The van der Waals surface area contributed by atoms with Gasteiger partial charge in [-0.2, -0.15) is 9.36 Å². The van der Waals surface area contributed by atoms with Crippen LogP contribution in [0, 0.1) is 15.9 Å². The molecule has 8 nitrogen and oxygen atoms in total. The van der Waals surface area contributed by atoms with Gasteiger partial charge in [0.2, 0.25) is 0 Å². The SMILES string of the molecule is O=c1n(CCCF)nnn1-c1cc([N+](=O)[O-])c(Br)cc1F. The molecule has 0 N–H and O–H groups in total. The van der Waals surface area contributed by atoms with Gasteiger partial charge in [0.05, 0.1) is 22.6 Å². The molecule has 2 rings (SSSR count). The van der Waals surface area contributed by atoms with Crippen molar-refractivity contribution in [3.63, 3.8) is 0 Å². The minimum atomic E-state index is -0.882. The monoisotopic (exact) mass is 363 g/mol. The highest BCUT2D eigenvalue weighted by atomic mass is 79.9. The molecular weight excluding hydrogens is 356 g/mol. The molecule has 1 aromatic carbocycles. The molecule has 1 heterocycles. The van der Waals surface area contributed by atoms with E-state index in [2.05, 4.69) is 26.4 Å². The van der Waals surface area contributed by atoms with Crippen molar-refractivity contribution in [1.82, 2.24) is 19.8 Å². The van der Waals surface area contributed by atoms with Gasteiger partial charge in [0.1, 0.15) is 5.69 Å². The van der Waals surface area contributed by atoms with E-state index in [9.17, 15) is 23.7 Å². The Morgan fingerprint density at radius 3 is 2.71 bits per heavy atom. The number of halogens is 3. The van der Waals surface area contributed by atoms with E-state index < -0.39 is 34.5 Å². The number of hydrogen-bond acceptors (Lipinski definition) is 5. The number of aromatic nitrogens is 4. The predicted molar refractivity (Wildman–Crippen MR) is 70.5 cm³/mol. The van der Waals surface area contributed by atoms with Gasteiger partial charge in [-0.1, -0.05) is 0 Å². The molecule has 0 saturated heterocycles. The molecule has 11 heteroatoms. The highest BCUT2D eigenvalue weighted by Crippen LogP contribution is 2.28. The average Bonchev–Trinajstić information content (AvgIpc) is 2.77. The Bertz CT molecular complexity index is 745. The fourth-order valence-electron chi connectivity index (χ4n) is 1.60. The minimum absolute atomic E-state index is 0.0183. The Morgan fingerprint density at radius 2 is 2.10 bits per heavy atom. The van der Waals surface area contributed by atoms with Crippen LogP contribution in [0.3, 0.4) is 0 Å². The van der Waals surface area contributed by atoms with Crippen LogP contribution in [0.25, 0.3) is 5.69 Å². The number of aryl methyl sites for hydroxylation is 1. The molecule has 0 saturated carbocycles.